The quantitative estimate of drug-likeness (QED) is 0.819. The molecule has 0 fully saturated rings. The highest BCUT2D eigenvalue weighted by atomic mass is 32.2. The molecular formula is C12H21N3O2S. The lowest BCUT2D eigenvalue weighted by molar-refractivity contribution is -0.130. The van der Waals surface area contributed by atoms with Crippen molar-refractivity contribution in [3.8, 4) is 0 Å². The third kappa shape index (κ3) is 3.26. The lowest BCUT2D eigenvalue weighted by Crippen LogP contribution is -2.38. The average Bonchev–Trinajstić information content (AvgIpc) is 2.68. The van der Waals surface area contributed by atoms with Gasteiger partial charge in [0, 0.05) is 20.1 Å². The minimum Gasteiger partial charge on any atom is -0.390 e. The number of imidazole rings is 1. The number of aliphatic hydroxyl groups excluding tert-OH is 1. The van der Waals surface area contributed by atoms with Crippen LogP contribution in [0.4, 0.5) is 0 Å². The van der Waals surface area contributed by atoms with Gasteiger partial charge in [-0.2, -0.15) is 0 Å². The maximum absolute atomic E-state index is 12.1. The van der Waals surface area contributed by atoms with E-state index in [1.807, 2.05) is 39.4 Å². The van der Waals surface area contributed by atoms with E-state index in [-0.39, 0.29) is 23.8 Å². The molecule has 0 saturated carbocycles. The van der Waals surface area contributed by atoms with E-state index >= 15 is 0 Å². The van der Waals surface area contributed by atoms with Crippen LogP contribution in [0, 0.1) is 0 Å². The van der Waals surface area contributed by atoms with Gasteiger partial charge in [0.25, 0.3) is 0 Å². The standard InChI is InChI=1S/C12H21N3O2S/c1-8(2)14(4)11(17)9(3)18-12-13-6-10(7-16)15(12)5/h6,8-9,16H,7H2,1-5H3. The highest BCUT2D eigenvalue weighted by Gasteiger charge is 2.22. The predicted octanol–water partition coefficient (Wildman–Crippen LogP) is 1.26. The lowest BCUT2D eigenvalue weighted by Gasteiger charge is -2.24. The van der Waals surface area contributed by atoms with Crippen molar-refractivity contribution in [2.75, 3.05) is 7.05 Å². The summed E-state index contributed by atoms with van der Waals surface area (Å²) in [6.45, 7) is 5.80. The fraction of sp³-hybridized carbons (Fsp3) is 0.667. The van der Waals surface area contributed by atoms with Gasteiger partial charge in [-0.1, -0.05) is 11.8 Å². The van der Waals surface area contributed by atoms with E-state index < -0.39 is 0 Å². The lowest BCUT2D eigenvalue weighted by atomic mass is 10.3. The molecule has 18 heavy (non-hydrogen) atoms. The van der Waals surface area contributed by atoms with Gasteiger partial charge in [-0.15, -0.1) is 0 Å². The van der Waals surface area contributed by atoms with Gasteiger partial charge in [-0.05, 0) is 20.8 Å². The Morgan fingerprint density at radius 3 is 2.61 bits per heavy atom. The van der Waals surface area contributed by atoms with Crippen LogP contribution in [-0.4, -0.2) is 43.8 Å². The first-order valence-corrected chi connectivity index (χ1v) is 6.81. The van der Waals surface area contributed by atoms with Crippen LogP contribution in [0.25, 0.3) is 0 Å². The number of nitrogens with zero attached hydrogens (tertiary/aromatic N) is 3. The van der Waals surface area contributed by atoms with Crippen molar-refractivity contribution in [3.05, 3.63) is 11.9 Å². The molecule has 1 aromatic heterocycles. The number of carbonyl (C=O) groups is 1. The van der Waals surface area contributed by atoms with Gasteiger partial charge in [0.2, 0.25) is 5.91 Å². The van der Waals surface area contributed by atoms with E-state index in [1.165, 1.54) is 11.8 Å². The van der Waals surface area contributed by atoms with Crippen molar-refractivity contribution in [2.45, 2.75) is 43.8 Å². The van der Waals surface area contributed by atoms with Crippen LogP contribution in [0.3, 0.4) is 0 Å². The third-order valence-corrected chi connectivity index (χ3v) is 4.10. The number of carbonyl (C=O) groups excluding carboxylic acids is 1. The highest BCUT2D eigenvalue weighted by molar-refractivity contribution is 8.00. The Balaban J connectivity index is 2.72. The summed E-state index contributed by atoms with van der Waals surface area (Å²) in [5, 5.41) is 9.65. The molecule has 0 aromatic carbocycles. The molecule has 1 unspecified atom stereocenters. The molecule has 0 aliphatic rings. The van der Waals surface area contributed by atoms with E-state index in [0.717, 1.165) is 10.9 Å². The summed E-state index contributed by atoms with van der Waals surface area (Å²) in [6, 6.07) is 0.190. The van der Waals surface area contributed by atoms with Crippen LogP contribution < -0.4 is 0 Å². The molecule has 102 valence electrons. The number of aliphatic hydroxyl groups is 1. The number of rotatable bonds is 5. The summed E-state index contributed by atoms with van der Waals surface area (Å²) in [5.74, 6) is 0.0866. The number of thioether (sulfide) groups is 1. The van der Waals surface area contributed by atoms with E-state index in [1.54, 1.807) is 11.1 Å². The molecule has 1 aromatic rings. The smallest absolute Gasteiger partial charge is 0.235 e. The van der Waals surface area contributed by atoms with Crippen molar-refractivity contribution in [1.82, 2.24) is 14.5 Å². The summed E-state index contributed by atoms with van der Waals surface area (Å²) in [6.07, 6.45) is 1.63. The first-order chi connectivity index (χ1) is 8.38. The molecule has 0 bridgehead atoms. The topological polar surface area (TPSA) is 58.4 Å². The summed E-state index contributed by atoms with van der Waals surface area (Å²) < 4.78 is 1.81. The van der Waals surface area contributed by atoms with Crippen molar-refractivity contribution in [2.24, 2.45) is 7.05 Å². The normalized spacial score (nSPS) is 12.8. The van der Waals surface area contributed by atoms with Crippen LogP contribution in [0.2, 0.25) is 0 Å². The van der Waals surface area contributed by atoms with Gasteiger partial charge in [0.15, 0.2) is 5.16 Å². The molecule has 1 atom stereocenters. The zero-order chi connectivity index (χ0) is 13.9. The molecule has 0 saturated heterocycles. The van der Waals surface area contributed by atoms with Crippen molar-refractivity contribution in [3.63, 3.8) is 0 Å². The average molecular weight is 271 g/mol. The zero-order valence-electron chi connectivity index (χ0n) is 11.5. The van der Waals surface area contributed by atoms with Crippen LogP contribution in [0.5, 0.6) is 0 Å². The largest absolute Gasteiger partial charge is 0.390 e. The Labute approximate surface area is 112 Å². The Morgan fingerprint density at radius 1 is 1.56 bits per heavy atom. The molecule has 0 spiro atoms. The van der Waals surface area contributed by atoms with E-state index in [4.69, 9.17) is 5.11 Å². The molecule has 5 nitrogen and oxygen atoms in total. The van der Waals surface area contributed by atoms with E-state index in [0.29, 0.717) is 0 Å². The Morgan fingerprint density at radius 2 is 2.17 bits per heavy atom. The monoisotopic (exact) mass is 271 g/mol. The number of hydrogen-bond acceptors (Lipinski definition) is 4. The van der Waals surface area contributed by atoms with Gasteiger partial charge in [0.1, 0.15) is 0 Å². The molecular weight excluding hydrogens is 250 g/mol. The van der Waals surface area contributed by atoms with E-state index in [2.05, 4.69) is 4.98 Å². The second kappa shape index (κ2) is 6.24. The minimum absolute atomic E-state index is 0.0434. The summed E-state index contributed by atoms with van der Waals surface area (Å²) in [4.78, 5) is 18.0. The molecule has 1 amide bonds. The first kappa shape index (κ1) is 15.0. The molecule has 0 aliphatic carbocycles. The number of aromatic nitrogens is 2. The zero-order valence-corrected chi connectivity index (χ0v) is 12.4. The van der Waals surface area contributed by atoms with Gasteiger partial charge in [-0.25, -0.2) is 4.98 Å². The van der Waals surface area contributed by atoms with Crippen molar-refractivity contribution >= 4 is 17.7 Å². The molecule has 0 aliphatic heterocycles. The van der Waals surface area contributed by atoms with Gasteiger partial charge >= 0.3 is 0 Å². The van der Waals surface area contributed by atoms with Crippen LogP contribution in [-0.2, 0) is 18.4 Å². The summed E-state index contributed by atoms with van der Waals surface area (Å²) >= 11 is 1.41. The summed E-state index contributed by atoms with van der Waals surface area (Å²) in [7, 11) is 3.64. The number of hydrogen-bond donors (Lipinski definition) is 1. The fourth-order valence-electron chi connectivity index (χ4n) is 1.43. The highest BCUT2D eigenvalue weighted by Crippen LogP contribution is 2.23. The minimum atomic E-state index is -0.190. The van der Waals surface area contributed by atoms with Crippen LogP contribution >= 0.6 is 11.8 Å². The van der Waals surface area contributed by atoms with Crippen molar-refractivity contribution in [1.29, 1.82) is 0 Å². The van der Waals surface area contributed by atoms with E-state index in [9.17, 15) is 4.79 Å². The molecule has 1 heterocycles. The Hall–Kier alpha value is -1.01. The third-order valence-electron chi connectivity index (χ3n) is 2.96. The fourth-order valence-corrected chi connectivity index (χ4v) is 2.40. The number of amides is 1. The molecule has 0 radical (unpaired) electrons. The van der Waals surface area contributed by atoms with Crippen LogP contribution in [0.1, 0.15) is 26.5 Å². The van der Waals surface area contributed by atoms with Crippen LogP contribution in [0.15, 0.2) is 11.4 Å². The SMILES string of the molecule is CC(Sc1ncc(CO)n1C)C(=O)N(C)C(C)C. The predicted molar refractivity (Wildman–Crippen MR) is 72.4 cm³/mol. The second-order valence-electron chi connectivity index (χ2n) is 4.55. The first-order valence-electron chi connectivity index (χ1n) is 5.93. The maximum atomic E-state index is 12.1. The molecule has 6 heteroatoms. The summed E-state index contributed by atoms with van der Waals surface area (Å²) in [5.41, 5.74) is 0.745. The second-order valence-corrected chi connectivity index (χ2v) is 5.86. The Kier molecular flexibility index (Phi) is 5.22. The van der Waals surface area contributed by atoms with Gasteiger partial charge in [0.05, 0.1) is 23.7 Å². The maximum Gasteiger partial charge on any atom is 0.235 e. The molecule has 1 rings (SSSR count). The van der Waals surface area contributed by atoms with Crippen molar-refractivity contribution < 1.29 is 9.90 Å². The Bertz CT molecular complexity index is 417. The molecule has 1 N–H and O–H groups in total. The van der Waals surface area contributed by atoms with Gasteiger partial charge < -0.3 is 14.6 Å². The van der Waals surface area contributed by atoms with Gasteiger partial charge in [-0.3, -0.25) is 4.79 Å².